The van der Waals surface area contributed by atoms with Gasteiger partial charge in [-0.15, -0.1) is 5.10 Å². The van der Waals surface area contributed by atoms with Crippen LogP contribution in [0.25, 0.3) is 0 Å². The zero-order chi connectivity index (χ0) is 15.4. The number of aromatic nitrogens is 3. The van der Waals surface area contributed by atoms with Gasteiger partial charge in [-0.2, -0.15) is 4.98 Å². The van der Waals surface area contributed by atoms with Gasteiger partial charge in [-0.3, -0.25) is 0 Å². The zero-order valence-corrected chi connectivity index (χ0v) is 13.2. The second-order valence-corrected chi connectivity index (χ2v) is 5.16. The highest BCUT2D eigenvalue weighted by atomic mass is 79.9. The molecule has 0 amide bonds. The number of rotatable bonds is 5. The van der Waals surface area contributed by atoms with Crippen molar-refractivity contribution in [2.45, 2.75) is 26.7 Å². The molecule has 110 valence electrons. The Bertz CT molecular complexity index is 677. The van der Waals surface area contributed by atoms with Crippen molar-refractivity contribution in [3.8, 4) is 11.8 Å². The lowest BCUT2D eigenvalue weighted by molar-refractivity contribution is 0.0694. The van der Waals surface area contributed by atoms with Gasteiger partial charge in [-0.1, -0.05) is 34.9 Å². The molecule has 0 bridgehead atoms. The predicted molar refractivity (Wildman–Crippen MR) is 79.8 cm³/mol. The monoisotopic (exact) mass is 351 g/mol. The minimum Gasteiger partial charge on any atom is -0.478 e. The van der Waals surface area contributed by atoms with Gasteiger partial charge in [0.1, 0.15) is 11.3 Å². The van der Waals surface area contributed by atoms with Crippen molar-refractivity contribution in [1.29, 1.82) is 0 Å². The average molecular weight is 352 g/mol. The number of hydrogen-bond acceptors (Lipinski definition) is 5. The molecule has 0 fully saturated rings. The van der Waals surface area contributed by atoms with Gasteiger partial charge >= 0.3 is 12.0 Å². The first-order valence-corrected chi connectivity index (χ1v) is 7.27. The molecule has 1 N–H and O–H groups in total. The summed E-state index contributed by atoms with van der Waals surface area (Å²) in [7, 11) is 0. The molecule has 0 spiro atoms. The molecule has 1 aromatic carbocycles. The molecule has 0 aliphatic rings. The highest BCUT2D eigenvalue weighted by Gasteiger charge is 2.15. The molecule has 0 atom stereocenters. The van der Waals surface area contributed by atoms with Gasteiger partial charge in [0.25, 0.3) is 0 Å². The lowest BCUT2D eigenvalue weighted by Crippen LogP contribution is -2.06. The van der Waals surface area contributed by atoms with Crippen molar-refractivity contribution in [2.24, 2.45) is 0 Å². The maximum Gasteiger partial charge on any atom is 0.341 e. The summed E-state index contributed by atoms with van der Waals surface area (Å²) in [6.45, 7) is 3.94. The molecule has 2 aromatic rings. The van der Waals surface area contributed by atoms with E-state index in [-0.39, 0.29) is 17.3 Å². The average Bonchev–Trinajstić information content (AvgIpc) is 2.46. The van der Waals surface area contributed by atoms with Gasteiger partial charge in [-0.05, 0) is 31.0 Å². The molecule has 21 heavy (non-hydrogen) atoms. The van der Waals surface area contributed by atoms with Crippen LogP contribution in [0.5, 0.6) is 11.8 Å². The van der Waals surface area contributed by atoms with Crippen molar-refractivity contribution in [3.05, 3.63) is 39.6 Å². The van der Waals surface area contributed by atoms with Crippen LogP contribution in [0.2, 0.25) is 0 Å². The van der Waals surface area contributed by atoms with Crippen LogP contribution in [0, 0.1) is 0 Å². The molecule has 0 unspecified atom stereocenters. The summed E-state index contributed by atoms with van der Waals surface area (Å²) in [4.78, 5) is 15.5. The van der Waals surface area contributed by atoms with E-state index in [0.29, 0.717) is 10.9 Å². The molecular formula is C14H14BrN3O3. The SMILES string of the molecule is CCc1nnc(Oc2cc(Br)ccc2C(=O)O)nc1CC. The number of aromatic carboxylic acids is 1. The number of carboxylic acid groups (broad SMARTS) is 1. The summed E-state index contributed by atoms with van der Waals surface area (Å²) >= 11 is 3.28. The molecule has 7 heteroatoms. The summed E-state index contributed by atoms with van der Waals surface area (Å²) in [5.41, 5.74) is 1.66. The quantitative estimate of drug-likeness (QED) is 0.889. The number of aryl methyl sites for hydroxylation is 2. The van der Waals surface area contributed by atoms with E-state index in [4.69, 9.17) is 9.84 Å². The third-order valence-electron chi connectivity index (χ3n) is 2.87. The molecule has 0 saturated heterocycles. The predicted octanol–water partition coefficient (Wildman–Crippen LogP) is 3.25. The Morgan fingerprint density at radius 1 is 1.24 bits per heavy atom. The molecule has 2 rings (SSSR count). The van der Waals surface area contributed by atoms with E-state index in [2.05, 4.69) is 31.1 Å². The maximum absolute atomic E-state index is 11.2. The first kappa shape index (κ1) is 15.4. The van der Waals surface area contributed by atoms with Gasteiger partial charge in [0.2, 0.25) is 0 Å². The normalized spacial score (nSPS) is 10.4. The van der Waals surface area contributed by atoms with E-state index in [1.807, 2.05) is 13.8 Å². The lowest BCUT2D eigenvalue weighted by atomic mass is 10.2. The largest absolute Gasteiger partial charge is 0.478 e. The topological polar surface area (TPSA) is 85.2 Å². The van der Waals surface area contributed by atoms with Crippen LogP contribution in [0.1, 0.15) is 35.6 Å². The fourth-order valence-electron chi connectivity index (χ4n) is 1.82. The highest BCUT2D eigenvalue weighted by Crippen LogP contribution is 2.27. The Labute approximate surface area is 130 Å². The molecule has 1 heterocycles. The van der Waals surface area contributed by atoms with Crippen molar-refractivity contribution in [3.63, 3.8) is 0 Å². The van der Waals surface area contributed by atoms with Crippen molar-refractivity contribution in [2.75, 3.05) is 0 Å². The number of carbonyl (C=O) groups is 1. The minimum absolute atomic E-state index is 0.0411. The minimum atomic E-state index is -1.08. The Balaban J connectivity index is 2.38. The second-order valence-electron chi connectivity index (χ2n) is 4.24. The van der Waals surface area contributed by atoms with Crippen LogP contribution in [0.4, 0.5) is 0 Å². The highest BCUT2D eigenvalue weighted by molar-refractivity contribution is 9.10. The second kappa shape index (κ2) is 6.62. The van der Waals surface area contributed by atoms with Gasteiger partial charge in [0, 0.05) is 4.47 Å². The number of nitrogens with zero attached hydrogens (tertiary/aromatic N) is 3. The van der Waals surface area contributed by atoms with Gasteiger partial charge in [0.05, 0.1) is 11.4 Å². The van der Waals surface area contributed by atoms with Crippen LogP contribution in [0.15, 0.2) is 22.7 Å². The lowest BCUT2D eigenvalue weighted by Gasteiger charge is -2.09. The Kier molecular flexibility index (Phi) is 4.85. The van der Waals surface area contributed by atoms with Gasteiger partial charge in [-0.25, -0.2) is 4.79 Å². The van der Waals surface area contributed by atoms with Crippen molar-refractivity contribution >= 4 is 21.9 Å². The Hall–Kier alpha value is -2.02. The molecular weight excluding hydrogens is 338 g/mol. The summed E-state index contributed by atoms with van der Waals surface area (Å²) in [6, 6.07) is 4.69. The molecule has 0 radical (unpaired) electrons. The summed E-state index contributed by atoms with van der Waals surface area (Å²) in [5, 5.41) is 17.1. The van der Waals surface area contributed by atoms with E-state index in [1.165, 1.54) is 6.07 Å². The van der Waals surface area contributed by atoms with E-state index >= 15 is 0 Å². The summed E-state index contributed by atoms with van der Waals surface area (Å²) in [5.74, 6) is -0.906. The van der Waals surface area contributed by atoms with Crippen LogP contribution < -0.4 is 4.74 Å². The third kappa shape index (κ3) is 3.55. The molecule has 1 aromatic heterocycles. The van der Waals surface area contributed by atoms with Crippen molar-refractivity contribution < 1.29 is 14.6 Å². The van der Waals surface area contributed by atoms with E-state index in [0.717, 1.165) is 17.8 Å². The number of carboxylic acids is 1. The van der Waals surface area contributed by atoms with Crippen LogP contribution in [-0.4, -0.2) is 26.3 Å². The van der Waals surface area contributed by atoms with Crippen molar-refractivity contribution in [1.82, 2.24) is 15.2 Å². The number of ether oxygens (including phenoxy) is 1. The van der Waals surface area contributed by atoms with E-state index in [1.54, 1.807) is 12.1 Å². The fraction of sp³-hybridized carbons (Fsp3) is 0.286. The number of halogens is 1. The first-order chi connectivity index (χ1) is 10.0. The zero-order valence-electron chi connectivity index (χ0n) is 11.6. The Morgan fingerprint density at radius 3 is 2.57 bits per heavy atom. The van der Waals surface area contributed by atoms with Gasteiger partial charge < -0.3 is 9.84 Å². The van der Waals surface area contributed by atoms with Gasteiger partial charge in [0.15, 0.2) is 0 Å². The molecule has 0 saturated carbocycles. The molecule has 0 aliphatic heterocycles. The summed E-state index contributed by atoms with van der Waals surface area (Å²) < 4.78 is 6.20. The number of hydrogen-bond donors (Lipinski definition) is 1. The molecule has 0 aliphatic carbocycles. The Morgan fingerprint density at radius 2 is 1.95 bits per heavy atom. The smallest absolute Gasteiger partial charge is 0.341 e. The number of benzene rings is 1. The fourth-order valence-corrected chi connectivity index (χ4v) is 2.16. The van der Waals surface area contributed by atoms with Crippen LogP contribution in [-0.2, 0) is 12.8 Å². The van der Waals surface area contributed by atoms with Crippen LogP contribution >= 0.6 is 15.9 Å². The summed E-state index contributed by atoms with van der Waals surface area (Å²) in [6.07, 6.45) is 1.44. The van der Waals surface area contributed by atoms with E-state index < -0.39 is 5.97 Å². The third-order valence-corrected chi connectivity index (χ3v) is 3.36. The van der Waals surface area contributed by atoms with Crippen LogP contribution in [0.3, 0.4) is 0 Å². The maximum atomic E-state index is 11.2. The standard InChI is InChI=1S/C14H14BrN3O3/c1-3-10-11(4-2)17-18-14(16-10)21-12-7-8(15)5-6-9(12)13(19)20/h5-7H,3-4H2,1-2H3,(H,19,20). The van der Waals surface area contributed by atoms with E-state index in [9.17, 15) is 4.79 Å². The first-order valence-electron chi connectivity index (χ1n) is 6.48. The molecule has 6 nitrogen and oxygen atoms in total.